The van der Waals surface area contributed by atoms with Crippen LogP contribution in [0, 0.1) is 5.82 Å². The van der Waals surface area contributed by atoms with Crippen LogP contribution in [0.1, 0.15) is 0 Å². The number of para-hydroxylation sites is 1. The van der Waals surface area contributed by atoms with Crippen LogP contribution in [0.15, 0.2) is 71.9 Å². The van der Waals surface area contributed by atoms with E-state index in [2.05, 4.69) is 15.5 Å². The number of nitrogens with one attached hydrogen (secondary N) is 1. The third-order valence-electron chi connectivity index (χ3n) is 4.99. The molecule has 1 amide bonds. The van der Waals surface area contributed by atoms with Crippen LogP contribution in [0.25, 0.3) is 17.1 Å². The number of halogens is 2. The zero-order valence-corrected chi connectivity index (χ0v) is 19.3. The molecule has 0 bridgehead atoms. The summed E-state index contributed by atoms with van der Waals surface area (Å²) in [5.41, 5.74) is 1.97. The van der Waals surface area contributed by atoms with Crippen molar-refractivity contribution in [3.8, 4) is 28.6 Å². The van der Waals surface area contributed by atoms with Crippen molar-refractivity contribution >= 4 is 35.0 Å². The average Bonchev–Trinajstić information content (AvgIpc) is 3.28. The van der Waals surface area contributed by atoms with Crippen LogP contribution in [-0.2, 0) is 4.79 Å². The number of carbonyl (C=O) groups excluding carboxylic acids is 1. The molecule has 1 N–H and O–H groups in total. The first kappa shape index (κ1) is 22.2. The molecule has 1 aliphatic rings. The molecule has 0 aliphatic carbocycles. The summed E-state index contributed by atoms with van der Waals surface area (Å²) in [5.74, 6) is 1.09. The second-order valence-electron chi connectivity index (χ2n) is 7.30. The smallest absolute Gasteiger partial charge is 0.234 e. The first-order chi connectivity index (χ1) is 16.6. The van der Waals surface area contributed by atoms with Gasteiger partial charge in [-0.3, -0.25) is 9.36 Å². The highest BCUT2D eigenvalue weighted by Gasteiger charge is 2.19. The van der Waals surface area contributed by atoms with Crippen molar-refractivity contribution in [2.45, 2.75) is 5.16 Å². The second-order valence-corrected chi connectivity index (χ2v) is 8.65. The molecule has 172 valence electrons. The van der Waals surface area contributed by atoms with Crippen molar-refractivity contribution in [1.29, 1.82) is 0 Å². The fourth-order valence-corrected chi connectivity index (χ4v) is 4.39. The maximum Gasteiger partial charge on any atom is 0.234 e. The summed E-state index contributed by atoms with van der Waals surface area (Å²) in [6.45, 7) is 0.886. The van der Waals surface area contributed by atoms with E-state index in [9.17, 15) is 9.18 Å². The molecule has 3 aromatic carbocycles. The van der Waals surface area contributed by atoms with Gasteiger partial charge in [-0.25, -0.2) is 4.39 Å². The topological polar surface area (TPSA) is 78.3 Å². The predicted molar refractivity (Wildman–Crippen MR) is 129 cm³/mol. The monoisotopic (exact) mass is 496 g/mol. The number of hydrogen-bond acceptors (Lipinski definition) is 6. The molecule has 0 atom stereocenters. The molecular weight excluding hydrogens is 479 g/mol. The molecule has 34 heavy (non-hydrogen) atoms. The minimum atomic E-state index is -0.335. The summed E-state index contributed by atoms with van der Waals surface area (Å²) in [4.78, 5) is 12.7. The number of rotatable bonds is 6. The van der Waals surface area contributed by atoms with E-state index in [-0.39, 0.29) is 17.5 Å². The molecular formula is C24H18ClFN4O3S. The van der Waals surface area contributed by atoms with Gasteiger partial charge in [0.25, 0.3) is 0 Å². The normalized spacial score (nSPS) is 12.4. The Balaban J connectivity index is 1.36. The number of carbonyl (C=O) groups is 1. The molecule has 0 unspecified atom stereocenters. The van der Waals surface area contributed by atoms with Gasteiger partial charge in [-0.05, 0) is 36.4 Å². The van der Waals surface area contributed by atoms with E-state index < -0.39 is 0 Å². The molecule has 0 saturated carbocycles. The second kappa shape index (κ2) is 9.74. The van der Waals surface area contributed by atoms with Gasteiger partial charge in [0.05, 0.1) is 16.5 Å². The van der Waals surface area contributed by atoms with Gasteiger partial charge in [-0.15, -0.1) is 10.2 Å². The van der Waals surface area contributed by atoms with E-state index in [0.717, 1.165) is 5.69 Å². The Morgan fingerprint density at radius 3 is 2.47 bits per heavy atom. The minimum Gasteiger partial charge on any atom is -0.486 e. The summed E-state index contributed by atoms with van der Waals surface area (Å²) in [6.07, 6.45) is 0. The first-order valence-corrected chi connectivity index (χ1v) is 11.7. The number of hydrogen-bond donors (Lipinski definition) is 1. The van der Waals surface area contributed by atoms with Crippen molar-refractivity contribution in [3.63, 3.8) is 0 Å². The standard InChI is InChI=1S/C24H18ClFN4O3S/c25-18-12-20-21(33-11-10-32-20)13-19(18)27-22(31)14-34-24-29-28-23(15-6-8-16(26)9-7-15)30(24)17-4-2-1-3-5-17/h1-9,12-13H,10-11,14H2,(H,27,31). The molecule has 10 heteroatoms. The fourth-order valence-electron chi connectivity index (χ4n) is 3.44. The lowest BCUT2D eigenvalue weighted by Crippen LogP contribution is -2.17. The molecule has 1 aliphatic heterocycles. The highest BCUT2D eigenvalue weighted by molar-refractivity contribution is 7.99. The van der Waals surface area contributed by atoms with Gasteiger partial charge >= 0.3 is 0 Å². The summed E-state index contributed by atoms with van der Waals surface area (Å²) in [5, 5.41) is 12.3. The number of nitrogens with zero attached hydrogens (tertiary/aromatic N) is 3. The quantitative estimate of drug-likeness (QED) is 0.368. The van der Waals surface area contributed by atoms with Crippen LogP contribution >= 0.6 is 23.4 Å². The molecule has 0 saturated heterocycles. The van der Waals surface area contributed by atoms with E-state index >= 15 is 0 Å². The summed E-state index contributed by atoms with van der Waals surface area (Å²) >= 11 is 7.53. The van der Waals surface area contributed by atoms with Crippen LogP contribution < -0.4 is 14.8 Å². The lowest BCUT2D eigenvalue weighted by atomic mass is 10.2. The number of ether oxygens (including phenoxy) is 2. The maximum atomic E-state index is 13.4. The van der Waals surface area contributed by atoms with Crippen molar-refractivity contribution in [2.24, 2.45) is 0 Å². The van der Waals surface area contributed by atoms with Gasteiger partial charge in [0, 0.05) is 23.4 Å². The summed E-state index contributed by atoms with van der Waals surface area (Å²) < 4.78 is 26.3. The largest absolute Gasteiger partial charge is 0.486 e. The minimum absolute atomic E-state index is 0.0686. The van der Waals surface area contributed by atoms with Crippen LogP contribution in [-0.4, -0.2) is 39.6 Å². The van der Waals surface area contributed by atoms with Crippen LogP contribution in [0.4, 0.5) is 10.1 Å². The fraction of sp³-hybridized carbons (Fsp3) is 0.125. The van der Waals surface area contributed by atoms with Gasteiger partial charge in [0.1, 0.15) is 19.0 Å². The number of aromatic nitrogens is 3. The molecule has 5 rings (SSSR count). The Morgan fingerprint density at radius 2 is 1.74 bits per heavy atom. The number of anilines is 1. The SMILES string of the molecule is O=C(CSc1nnc(-c2ccc(F)cc2)n1-c1ccccc1)Nc1cc2c(cc1Cl)OCCO2. The van der Waals surface area contributed by atoms with Gasteiger partial charge in [0.2, 0.25) is 5.91 Å². The molecule has 0 spiro atoms. The third-order valence-corrected chi connectivity index (χ3v) is 6.23. The highest BCUT2D eigenvalue weighted by Crippen LogP contribution is 2.38. The Hall–Kier alpha value is -3.56. The number of fused-ring (bicyclic) bond motifs is 1. The highest BCUT2D eigenvalue weighted by atomic mass is 35.5. The zero-order valence-electron chi connectivity index (χ0n) is 17.7. The van der Waals surface area contributed by atoms with E-state index in [1.807, 2.05) is 34.9 Å². The van der Waals surface area contributed by atoms with Gasteiger partial charge in [-0.1, -0.05) is 41.6 Å². The molecule has 2 heterocycles. The number of benzene rings is 3. The molecule has 7 nitrogen and oxygen atoms in total. The van der Waals surface area contributed by atoms with Crippen LogP contribution in [0.5, 0.6) is 11.5 Å². The Morgan fingerprint density at radius 1 is 1.03 bits per heavy atom. The lowest BCUT2D eigenvalue weighted by molar-refractivity contribution is -0.113. The Bertz CT molecular complexity index is 1330. The lowest BCUT2D eigenvalue weighted by Gasteiger charge is -2.20. The first-order valence-electron chi connectivity index (χ1n) is 10.4. The average molecular weight is 497 g/mol. The molecule has 0 radical (unpaired) electrons. The number of amides is 1. The van der Waals surface area contributed by atoms with Crippen molar-refractivity contribution < 1.29 is 18.7 Å². The number of thioether (sulfide) groups is 1. The molecule has 1 aromatic heterocycles. The summed E-state index contributed by atoms with van der Waals surface area (Å²) in [7, 11) is 0. The van der Waals surface area contributed by atoms with E-state index in [4.69, 9.17) is 21.1 Å². The van der Waals surface area contributed by atoms with E-state index in [0.29, 0.717) is 52.0 Å². The van der Waals surface area contributed by atoms with Gasteiger partial charge in [0.15, 0.2) is 22.5 Å². The van der Waals surface area contributed by atoms with E-state index in [1.165, 1.54) is 23.9 Å². The van der Waals surface area contributed by atoms with Crippen LogP contribution in [0.3, 0.4) is 0 Å². The van der Waals surface area contributed by atoms with Gasteiger partial charge in [-0.2, -0.15) is 0 Å². The molecule has 0 fully saturated rings. The van der Waals surface area contributed by atoms with Crippen molar-refractivity contribution in [2.75, 3.05) is 24.3 Å². The van der Waals surface area contributed by atoms with Crippen molar-refractivity contribution in [3.05, 3.63) is 77.6 Å². The maximum absolute atomic E-state index is 13.4. The van der Waals surface area contributed by atoms with E-state index in [1.54, 1.807) is 24.3 Å². The third kappa shape index (κ3) is 4.71. The zero-order chi connectivity index (χ0) is 23.5. The predicted octanol–water partition coefficient (Wildman–Crippen LogP) is 5.23. The van der Waals surface area contributed by atoms with Gasteiger partial charge < -0.3 is 14.8 Å². The van der Waals surface area contributed by atoms with Crippen LogP contribution in [0.2, 0.25) is 5.02 Å². The summed E-state index contributed by atoms with van der Waals surface area (Å²) in [6, 6.07) is 18.8. The Kier molecular flexibility index (Phi) is 6.37. The molecule has 4 aromatic rings. The van der Waals surface area contributed by atoms with Crippen molar-refractivity contribution in [1.82, 2.24) is 14.8 Å². The Labute approximate surface area is 203 Å².